The van der Waals surface area contributed by atoms with E-state index in [0.717, 1.165) is 0 Å². The molecule has 0 heterocycles. The van der Waals surface area contributed by atoms with E-state index in [2.05, 4.69) is 0 Å². The van der Waals surface area contributed by atoms with Gasteiger partial charge in [0, 0.05) is 0 Å². The first-order valence-electron chi connectivity index (χ1n) is 5.39. The summed E-state index contributed by atoms with van der Waals surface area (Å²) in [6.07, 6.45) is -2.31. The Morgan fingerprint density at radius 1 is 1.11 bits per heavy atom. The number of aliphatic hydroxyl groups excluding tert-OH is 1. The van der Waals surface area contributed by atoms with Crippen molar-refractivity contribution in [2.75, 3.05) is 0 Å². The molecule has 102 valence electrons. The smallest absolute Gasteiger partial charge is 0.326 e. The first-order valence-corrected chi connectivity index (χ1v) is 5.39. The van der Waals surface area contributed by atoms with E-state index in [1.54, 1.807) is 18.2 Å². The van der Waals surface area contributed by atoms with Crippen molar-refractivity contribution in [3.8, 4) is 0 Å². The predicted octanol–water partition coefficient (Wildman–Crippen LogP) is -0.236. The van der Waals surface area contributed by atoms with Gasteiger partial charge in [-0.3, -0.25) is 9.59 Å². The average Bonchev–Trinajstić information content (AvgIpc) is 2.37. The molecule has 19 heavy (non-hydrogen) atoms. The van der Waals surface area contributed by atoms with Gasteiger partial charge in [-0.25, -0.2) is 4.79 Å². The van der Waals surface area contributed by atoms with Gasteiger partial charge in [0.25, 0.3) is 5.91 Å². The summed E-state index contributed by atoms with van der Waals surface area (Å²) in [7, 11) is 0. The Labute approximate surface area is 108 Å². The summed E-state index contributed by atoms with van der Waals surface area (Å²) in [5, 5.41) is 29.0. The first kappa shape index (κ1) is 14.7. The summed E-state index contributed by atoms with van der Waals surface area (Å²) in [6, 6.07) is 6.33. The minimum atomic E-state index is -1.58. The highest BCUT2D eigenvalue weighted by atomic mass is 16.4. The van der Waals surface area contributed by atoms with Gasteiger partial charge in [-0.05, 0) is 5.56 Å². The number of carbonyl (C=O) groups excluding carboxylic acids is 1. The Morgan fingerprint density at radius 2 is 1.68 bits per heavy atom. The monoisotopic (exact) mass is 267 g/mol. The number of aliphatic hydroxyl groups is 1. The molecule has 4 N–H and O–H groups in total. The lowest BCUT2D eigenvalue weighted by Crippen LogP contribution is -2.44. The van der Waals surface area contributed by atoms with Crippen molar-refractivity contribution in [1.29, 1.82) is 0 Å². The maximum atomic E-state index is 11.6. The zero-order valence-corrected chi connectivity index (χ0v) is 9.81. The zero-order chi connectivity index (χ0) is 14.4. The van der Waals surface area contributed by atoms with Gasteiger partial charge in [0.05, 0.1) is 6.42 Å². The average molecular weight is 267 g/mol. The van der Waals surface area contributed by atoms with Crippen LogP contribution < -0.4 is 5.32 Å². The van der Waals surface area contributed by atoms with Crippen LogP contribution in [0.4, 0.5) is 0 Å². The summed E-state index contributed by atoms with van der Waals surface area (Å²) in [6.45, 7) is 0. The van der Waals surface area contributed by atoms with E-state index in [4.69, 9.17) is 10.2 Å². The largest absolute Gasteiger partial charge is 0.481 e. The molecule has 0 saturated carbocycles. The number of aliphatic carboxylic acids is 2. The molecule has 7 nitrogen and oxygen atoms in total. The molecule has 0 aromatic heterocycles. The lowest BCUT2D eigenvalue weighted by molar-refractivity contribution is -0.148. The summed E-state index contributed by atoms with van der Waals surface area (Å²) in [5.74, 6) is -3.79. The Kier molecular flexibility index (Phi) is 5.01. The van der Waals surface area contributed by atoms with Crippen LogP contribution in [0.1, 0.15) is 18.1 Å². The third-order valence-electron chi connectivity index (χ3n) is 2.36. The normalized spacial score (nSPS) is 13.3. The molecule has 0 bridgehead atoms. The van der Waals surface area contributed by atoms with Crippen LogP contribution in [0.15, 0.2) is 30.3 Å². The highest BCUT2D eigenvalue weighted by Crippen LogP contribution is 2.12. The number of nitrogens with one attached hydrogen (secondary N) is 1. The molecule has 0 aliphatic rings. The third kappa shape index (κ3) is 4.40. The number of carbonyl (C=O) groups is 3. The third-order valence-corrected chi connectivity index (χ3v) is 2.36. The van der Waals surface area contributed by atoms with Crippen LogP contribution in [0.3, 0.4) is 0 Å². The van der Waals surface area contributed by atoms with Crippen molar-refractivity contribution in [1.82, 2.24) is 5.32 Å². The van der Waals surface area contributed by atoms with E-state index >= 15 is 0 Å². The number of hydrogen-bond donors (Lipinski definition) is 4. The molecule has 0 spiro atoms. The zero-order valence-electron chi connectivity index (χ0n) is 9.81. The molecule has 0 aliphatic carbocycles. The molecule has 2 atom stereocenters. The minimum Gasteiger partial charge on any atom is -0.481 e. The molecule has 0 unspecified atom stereocenters. The van der Waals surface area contributed by atoms with Crippen molar-refractivity contribution in [2.24, 2.45) is 0 Å². The fraction of sp³-hybridized carbons (Fsp3) is 0.250. The van der Waals surface area contributed by atoms with Crippen molar-refractivity contribution < 1.29 is 29.7 Å². The van der Waals surface area contributed by atoms with Crippen LogP contribution in [0, 0.1) is 0 Å². The number of benzene rings is 1. The molecular weight excluding hydrogens is 254 g/mol. The number of amides is 1. The standard InChI is InChI=1S/C12H13NO6/c14-9(15)6-8(12(18)19)13-11(17)10(16)7-4-2-1-3-5-7/h1-5,8,10,16H,6H2,(H,13,17)(H,14,15)(H,18,19)/t8-,10-/m0/s1. The molecule has 0 radical (unpaired) electrons. The molecular formula is C12H13NO6. The summed E-state index contributed by atoms with van der Waals surface area (Å²) < 4.78 is 0. The maximum absolute atomic E-state index is 11.6. The topological polar surface area (TPSA) is 124 Å². The lowest BCUT2D eigenvalue weighted by atomic mass is 10.1. The van der Waals surface area contributed by atoms with Gasteiger partial charge in [0.2, 0.25) is 0 Å². The van der Waals surface area contributed by atoms with Gasteiger partial charge in [0.1, 0.15) is 6.04 Å². The molecule has 0 aliphatic heterocycles. The van der Waals surface area contributed by atoms with E-state index in [9.17, 15) is 19.5 Å². The van der Waals surface area contributed by atoms with Gasteiger partial charge in [-0.2, -0.15) is 0 Å². The Balaban J connectivity index is 2.72. The van der Waals surface area contributed by atoms with E-state index in [0.29, 0.717) is 5.56 Å². The summed E-state index contributed by atoms with van der Waals surface area (Å²) in [4.78, 5) is 32.9. The van der Waals surface area contributed by atoms with Gasteiger partial charge in [-0.1, -0.05) is 30.3 Å². The minimum absolute atomic E-state index is 0.291. The SMILES string of the molecule is O=C(O)C[C@H](NC(=O)[C@@H](O)c1ccccc1)C(=O)O. The van der Waals surface area contributed by atoms with Crippen LogP contribution in [-0.4, -0.2) is 39.2 Å². The van der Waals surface area contributed by atoms with E-state index in [-0.39, 0.29) is 0 Å². The molecule has 1 aromatic rings. The van der Waals surface area contributed by atoms with Crippen molar-refractivity contribution in [2.45, 2.75) is 18.6 Å². The van der Waals surface area contributed by atoms with E-state index in [1.165, 1.54) is 12.1 Å². The highest BCUT2D eigenvalue weighted by Gasteiger charge is 2.26. The summed E-state index contributed by atoms with van der Waals surface area (Å²) >= 11 is 0. The first-order chi connectivity index (χ1) is 8.91. The van der Waals surface area contributed by atoms with Gasteiger partial charge < -0.3 is 20.6 Å². The van der Waals surface area contributed by atoms with Crippen LogP contribution >= 0.6 is 0 Å². The molecule has 1 amide bonds. The van der Waals surface area contributed by atoms with Crippen LogP contribution in [0.2, 0.25) is 0 Å². The highest BCUT2D eigenvalue weighted by molar-refractivity contribution is 5.89. The number of hydrogen-bond acceptors (Lipinski definition) is 4. The second-order valence-electron chi connectivity index (χ2n) is 3.81. The van der Waals surface area contributed by atoms with Gasteiger partial charge in [-0.15, -0.1) is 0 Å². The van der Waals surface area contributed by atoms with Crippen LogP contribution in [0.5, 0.6) is 0 Å². The van der Waals surface area contributed by atoms with Gasteiger partial charge >= 0.3 is 11.9 Å². The molecule has 1 aromatic carbocycles. The van der Waals surface area contributed by atoms with Crippen molar-refractivity contribution in [3.05, 3.63) is 35.9 Å². The molecule has 0 saturated heterocycles. The van der Waals surface area contributed by atoms with Crippen molar-refractivity contribution >= 4 is 17.8 Å². The van der Waals surface area contributed by atoms with Crippen LogP contribution in [-0.2, 0) is 14.4 Å². The molecule has 7 heteroatoms. The quantitative estimate of drug-likeness (QED) is 0.564. The Bertz CT molecular complexity index is 472. The van der Waals surface area contributed by atoms with E-state index in [1.807, 2.05) is 5.32 Å². The number of carboxylic acids is 2. The second-order valence-corrected chi connectivity index (χ2v) is 3.81. The molecule has 1 rings (SSSR count). The maximum Gasteiger partial charge on any atom is 0.326 e. The predicted molar refractivity (Wildman–Crippen MR) is 63.2 cm³/mol. The lowest BCUT2D eigenvalue weighted by Gasteiger charge is -2.16. The van der Waals surface area contributed by atoms with Crippen molar-refractivity contribution in [3.63, 3.8) is 0 Å². The Morgan fingerprint density at radius 3 is 2.16 bits per heavy atom. The fourth-order valence-corrected chi connectivity index (χ4v) is 1.41. The fourth-order valence-electron chi connectivity index (χ4n) is 1.41. The van der Waals surface area contributed by atoms with E-state index < -0.39 is 36.4 Å². The summed E-state index contributed by atoms with van der Waals surface area (Å²) in [5.41, 5.74) is 0.291. The van der Waals surface area contributed by atoms with Gasteiger partial charge in [0.15, 0.2) is 6.10 Å². The number of rotatable bonds is 6. The second kappa shape index (κ2) is 6.50. The number of carboxylic acid groups (broad SMARTS) is 2. The Hall–Kier alpha value is -2.41. The molecule has 0 fully saturated rings. The van der Waals surface area contributed by atoms with Crippen LogP contribution in [0.25, 0.3) is 0 Å².